The van der Waals surface area contributed by atoms with Crippen LogP contribution in [-0.2, 0) is 17.4 Å². The number of hydrogen-bond donors (Lipinski definition) is 0. The van der Waals surface area contributed by atoms with Gasteiger partial charge in [0.25, 0.3) is 0 Å². The number of amides is 1. The second-order valence-electron chi connectivity index (χ2n) is 8.75. The first-order valence-electron chi connectivity index (χ1n) is 11.1. The van der Waals surface area contributed by atoms with Crippen LogP contribution in [0, 0.1) is 11.8 Å². The van der Waals surface area contributed by atoms with Crippen LogP contribution < -0.4 is 4.90 Å². The highest BCUT2D eigenvalue weighted by Gasteiger charge is 2.34. The van der Waals surface area contributed by atoms with Crippen molar-refractivity contribution >= 4 is 23.3 Å². The number of benzene rings is 1. The molecule has 1 aromatic carbocycles. The van der Waals surface area contributed by atoms with Gasteiger partial charge in [0, 0.05) is 38.3 Å². The summed E-state index contributed by atoms with van der Waals surface area (Å²) in [5, 5.41) is -0.00918. The Kier molecular flexibility index (Phi) is 6.93. The first-order valence-corrected chi connectivity index (χ1v) is 11.5. The highest BCUT2D eigenvalue weighted by Crippen LogP contribution is 2.35. The Hall–Kier alpha value is -2.28. The fourth-order valence-corrected chi connectivity index (χ4v) is 5.01. The number of aromatic nitrogens is 1. The lowest BCUT2D eigenvalue weighted by Crippen LogP contribution is -2.45. The molecule has 0 aliphatic carbocycles. The zero-order chi connectivity index (χ0) is 22.7. The molecule has 2 aromatic rings. The monoisotopic (exact) mass is 465 g/mol. The summed E-state index contributed by atoms with van der Waals surface area (Å²) < 4.78 is 38.5. The van der Waals surface area contributed by atoms with E-state index in [0.29, 0.717) is 37.7 Å². The van der Waals surface area contributed by atoms with Crippen molar-refractivity contribution in [1.82, 2.24) is 9.88 Å². The fraction of sp³-hybridized carbons (Fsp3) is 0.500. The van der Waals surface area contributed by atoms with Gasteiger partial charge in [-0.05, 0) is 49.7 Å². The Morgan fingerprint density at radius 2 is 1.69 bits per heavy atom. The largest absolute Gasteiger partial charge is 0.417 e. The maximum atomic E-state index is 13.0. The maximum Gasteiger partial charge on any atom is 0.417 e. The Balaban J connectivity index is 1.27. The summed E-state index contributed by atoms with van der Waals surface area (Å²) in [6.45, 7) is 2.70. The lowest BCUT2D eigenvalue weighted by molar-refractivity contribution is -0.138. The van der Waals surface area contributed by atoms with E-state index in [-0.39, 0.29) is 16.8 Å². The zero-order valence-electron chi connectivity index (χ0n) is 17.8. The molecule has 0 unspecified atom stereocenters. The second kappa shape index (κ2) is 9.69. The minimum absolute atomic E-state index is 0.00918. The van der Waals surface area contributed by atoms with Crippen molar-refractivity contribution in [3.8, 4) is 0 Å². The standard InChI is InChI=1S/C24H27ClF3N3O/c25-21-15-20(24(26,27)28)16-29-22(21)30-12-8-19(9-13-30)23(32)31-10-6-18(7-11-31)14-17-4-2-1-3-5-17/h1-5,15-16,18-19H,6-14H2. The predicted molar refractivity (Wildman–Crippen MR) is 119 cm³/mol. The van der Waals surface area contributed by atoms with Crippen LogP contribution in [0.5, 0.6) is 0 Å². The van der Waals surface area contributed by atoms with Gasteiger partial charge in [0.05, 0.1) is 10.6 Å². The molecule has 0 spiro atoms. The van der Waals surface area contributed by atoms with Gasteiger partial charge in [-0.3, -0.25) is 4.79 Å². The first-order chi connectivity index (χ1) is 15.3. The van der Waals surface area contributed by atoms with Gasteiger partial charge in [0.2, 0.25) is 5.91 Å². The highest BCUT2D eigenvalue weighted by molar-refractivity contribution is 6.33. The average Bonchev–Trinajstić information content (AvgIpc) is 2.79. The molecule has 0 saturated carbocycles. The SMILES string of the molecule is O=C(C1CCN(c2ncc(C(F)(F)F)cc2Cl)CC1)N1CCC(Cc2ccccc2)CC1. The zero-order valence-corrected chi connectivity index (χ0v) is 18.6. The van der Waals surface area contributed by atoms with Crippen molar-refractivity contribution in [2.24, 2.45) is 11.8 Å². The minimum atomic E-state index is -4.47. The Morgan fingerprint density at radius 3 is 2.28 bits per heavy atom. The summed E-state index contributed by atoms with van der Waals surface area (Å²) in [5.41, 5.74) is 0.493. The number of alkyl halides is 3. The van der Waals surface area contributed by atoms with Crippen LogP contribution in [0.1, 0.15) is 36.8 Å². The summed E-state index contributed by atoms with van der Waals surface area (Å²) in [6, 6.07) is 11.4. The number of rotatable bonds is 4. The van der Waals surface area contributed by atoms with Gasteiger partial charge in [-0.25, -0.2) is 4.98 Å². The van der Waals surface area contributed by atoms with E-state index < -0.39 is 11.7 Å². The van der Waals surface area contributed by atoms with E-state index in [4.69, 9.17) is 11.6 Å². The molecule has 2 aliphatic heterocycles. The van der Waals surface area contributed by atoms with Crippen LogP contribution in [0.15, 0.2) is 42.6 Å². The Morgan fingerprint density at radius 1 is 1.03 bits per heavy atom. The Labute approximate surface area is 191 Å². The molecule has 172 valence electrons. The van der Waals surface area contributed by atoms with Gasteiger partial charge in [-0.2, -0.15) is 13.2 Å². The van der Waals surface area contributed by atoms with Crippen LogP contribution in [0.3, 0.4) is 0 Å². The van der Waals surface area contributed by atoms with Crippen LogP contribution in [0.25, 0.3) is 0 Å². The molecule has 2 fully saturated rings. The second-order valence-corrected chi connectivity index (χ2v) is 9.15. The molecule has 2 aliphatic rings. The van der Waals surface area contributed by atoms with Gasteiger partial charge < -0.3 is 9.80 Å². The molecule has 0 radical (unpaired) electrons. The van der Waals surface area contributed by atoms with Crippen molar-refractivity contribution in [3.05, 3.63) is 58.7 Å². The van der Waals surface area contributed by atoms with Crippen molar-refractivity contribution < 1.29 is 18.0 Å². The molecule has 1 amide bonds. The van der Waals surface area contributed by atoms with E-state index in [2.05, 4.69) is 29.2 Å². The third-order valence-corrected chi connectivity index (χ3v) is 6.86. The van der Waals surface area contributed by atoms with E-state index in [1.807, 2.05) is 15.9 Å². The number of pyridine rings is 1. The first kappa shape index (κ1) is 22.9. The number of anilines is 1. The Bertz CT molecular complexity index is 922. The van der Waals surface area contributed by atoms with Crippen LogP contribution in [-0.4, -0.2) is 42.0 Å². The molecular formula is C24H27ClF3N3O. The van der Waals surface area contributed by atoms with E-state index >= 15 is 0 Å². The molecular weight excluding hydrogens is 439 g/mol. The summed E-state index contributed by atoms with van der Waals surface area (Å²) >= 11 is 6.08. The van der Waals surface area contributed by atoms with Crippen LogP contribution in [0.4, 0.5) is 19.0 Å². The van der Waals surface area contributed by atoms with Crippen LogP contribution >= 0.6 is 11.6 Å². The fourth-order valence-electron chi connectivity index (χ4n) is 4.72. The number of piperidine rings is 2. The molecule has 8 heteroatoms. The lowest BCUT2D eigenvalue weighted by Gasteiger charge is -2.38. The lowest BCUT2D eigenvalue weighted by atomic mass is 9.88. The van der Waals surface area contributed by atoms with Crippen molar-refractivity contribution in [3.63, 3.8) is 0 Å². The average molecular weight is 466 g/mol. The maximum absolute atomic E-state index is 13.0. The van der Waals surface area contributed by atoms with Gasteiger partial charge in [-0.15, -0.1) is 0 Å². The molecule has 2 saturated heterocycles. The van der Waals surface area contributed by atoms with E-state index in [9.17, 15) is 18.0 Å². The third-order valence-electron chi connectivity index (χ3n) is 6.59. The molecule has 4 nitrogen and oxygen atoms in total. The molecule has 32 heavy (non-hydrogen) atoms. The summed E-state index contributed by atoms with van der Waals surface area (Å²) in [5.74, 6) is 1.11. The molecule has 1 aromatic heterocycles. The van der Waals surface area contributed by atoms with Crippen molar-refractivity contribution in [2.75, 3.05) is 31.1 Å². The van der Waals surface area contributed by atoms with Gasteiger partial charge in [0.15, 0.2) is 0 Å². The van der Waals surface area contributed by atoms with E-state index in [1.165, 1.54) is 5.56 Å². The van der Waals surface area contributed by atoms with Crippen LogP contribution in [0.2, 0.25) is 5.02 Å². The van der Waals surface area contributed by atoms with Crippen molar-refractivity contribution in [1.29, 1.82) is 0 Å². The summed E-state index contributed by atoms with van der Waals surface area (Å²) in [6.07, 6.45) is 0.752. The number of halogens is 4. The summed E-state index contributed by atoms with van der Waals surface area (Å²) in [4.78, 5) is 20.8. The number of carbonyl (C=O) groups excluding carboxylic acids is 1. The topological polar surface area (TPSA) is 36.4 Å². The van der Waals surface area contributed by atoms with Gasteiger partial charge >= 0.3 is 6.18 Å². The quantitative estimate of drug-likeness (QED) is 0.602. The number of nitrogens with zero attached hydrogens (tertiary/aromatic N) is 3. The molecule has 4 rings (SSSR count). The number of hydrogen-bond acceptors (Lipinski definition) is 3. The number of carbonyl (C=O) groups is 1. The van der Waals surface area contributed by atoms with E-state index in [0.717, 1.165) is 44.6 Å². The third kappa shape index (κ3) is 5.37. The molecule has 0 N–H and O–H groups in total. The van der Waals surface area contributed by atoms with Gasteiger partial charge in [-0.1, -0.05) is 41.9 Å². The highest BCUT2D eigenvalue weighted by atomic mass is 35.5. The van der Waals surface area contributed by atoms with Gasteiger partial charge in [0.1, 0.15) is 5.82 Å². The smallest absolute Gasteiger partial charge is 0.355 e. The minimum Gasteiger partial charge on any atom is -0.355 e. The van der Waals surface area contributed by atoms with E-state index in [1.54, 1.807) is 0 Å². The number of likely N-dealkylation sites (tertiary alicyclic amines) is 1. The molecule has 0 bridgehead atoms. The normalized spacial score (nSPS) is 18.8. The molecule has 3 heterocycles. The van der Waals surface area contributed by atoms with Crippen molar-refractivity contribution in [2.45, 2.75) is 38.3 Å². The molecule has 0 atom stereocenters. The summed E-state index contributed by atoms with van der Waals surface area (Å²) in [7, 11) is 0. The predicted octanol–water partition coefficient (Wildman–Crippen LogP) is 5.45.